The van der Waals surface area contributed by atoms with Gasteiger partial charge in [0.25, 0.3) is 0 Å². The first-order valence-electron chi connectivity index (χ1n) is 6.16. The standard InChI is InChI=1S/C13H11N5O3/c1-8-15-16(2)11-10(18(8)21)12(19)17(13(20)14-11)9-6-4-3-5-7-9/h3-7H,1-2H3. The predicted octanol–water partition coefficient (Wildman–Crippen LogP) is -0.627. The Kier molecular flexibility index (Phi) is 2.79. The lowest BCUT2D eigenvalue weighted by atomic mass is 10.3. The summed E-state index contributed by atoms with van der Waals surface area (Å²) in [5.41, 5.74) is -1.32. The highest BCUT2D eigenvalue weighted by molar-refractivity contribution is 5.46. The first kappa shape index (κ1) is 13.0. The Morgan fingerprint density at radius 1 is 1.19 bits per heavy atom. The molecule has 0 spiro atoms. The Bertz CT molecular complexity index is 914. The molecule has 0 atom stereocenters. The highest BCUT2D eigenvalue weighted by atomic mass is 16.5. The molecule has 0 N–H and O–H groups in total. The van der Waals surface area contributed by atoms with Gasteiger partial charge in [0.05, 0.1) is 17.8 Å². The van der Waals surface area contributed by atoms with Gasteiger partial charge in [-0.15, -0.1) is 0 Å². The lowest BCUT2D eigenvalue weighted by molar-refractivity contribution is -0.607. The van der Waals surface area contributed by atoms with Crippen LogP contribution in [0, 0.1) is 12.1 Å². The van der Waals surface area contributed by atoms with Crippen LogP contribution in [-0.2, 0) is 7.05 Å². The summed E-state index contributed by atoms with van der Waals surface area (Å²) >= 11 is 0. The van der Waals surface area contributed by atoms with Gasteiger partial charge in [0.1, 0.15) is 0 Å². The van der Waals surface area contributed by atoms with Crippen molar-refractivity contribution in [1.82, 2.24) is 19.3 Å². The van der Waals surface area contributed by atoms with E-state index in [0.717, 1.165) is 4.57 Å². The molecular formula is C13H11N5O3. The van der Waals surface area contributed by atoms with E-state index >= 15 is 0 Å². The molecule has 0 saturated carbocycles. The van der Waals surface area contributed by atoms with Gasteiger partial charge in [-0.05, 0) is 12.1 Å². The van der Waals surface area contributed by atoms with Gasteiger partial charge < -0.3 is 5.21 Å². The third-order valence-corrected chi connectivity index (χ3v) is 3.12. The summed E-state index contributed by atoms with van der Waals surface area (Å²) in [6.07, 6.45) is 0. The zero-order chi connectivity index (χ0) is 15.1. The molecule has 0 aliphatic carbocycles. The van der Waals surface area contributed by atoms with Gasteiger partial charge in [0.15, 0.2) is 0 Å². The molecule has 106 valence electrons. The summed E-state index contributed by atoms with van der Waals surface area (Å²) in [5, 5.41) is 16.0. The molecular weight excluding hydrogens is 274 g/mol. The fourth-order valence-corrected chi connectivity index (χ4v) is 2.16. The Morgan fingerprint density at radius 3 is 2.52 bits per heavy atom. The number of fused-ring (bicyclic) bond motifs is 1. The fourth-order valence-electron chi connectivity index (χ4n) is 2.16. The minimum absolute atomic E-state index is 0.0437. The van der Waals surface area contributed by atoms with Crippen LogP contribution in [0.2, 0.25) is 0 Å². The molecule has 2 heterocycles. The Labute approximate surface area is 118 Å². The summed E-state index contributed by atoms with van der Waals surface area (Å²) in [6, 6.07) is 8.33. The molecule has 21 heavy (non-hydrogen) atoms. The molecule has 3 rings (SSSR count). The van der Waals surface area contributed by atoms with Crippen LogP contribution in [0.15, 0.2) is 39.9 Å². The number of nitrogens with zero attached hydrogens (tertiary/aromatic N) is 5. The van der Waals surface area contributed by atoms with Crippen LogP contribution in [0.4, 0.5) is 0 Å². The fraction of sp³-hybridized carbons (Fsp3) is 0.154. The van der Waals surface area contributed by atoms with Crippen molar-refractivity contribution in [3.8, 4) is 17.2 Å². The monoisotopic (exact) mass is 285 g/mol. The number of rotatable bonds is 1. The zero-order valence-corrected chi connectivity index (χ0v) is 11.3. The van der Waals surface area contributed by atoms with Crippen LogP contribution in [0.25, 0.3) is 17.2 Å². The molecule has 0 fully saturated rings. The topological polar surface area (TPSA) is 96.7 Å². The van der Waals surface area contributed by atoms with Gasteiger partial charge in [-0.3, -0.25) is 4.79 Å². The van der Waals surface area contributed by atoms with Crippen molar-refractivity contribution in [2.75, 3.05) is 0 Å². The number of aryl methyl sites for hydroxylation is 2. The molecule has 1 aromatic rings. The Morgan fingerprint density at radius 2 is 1.86 bits per heavy atom. The zero-order valence-electron chi connectivity index (χ0n) is 11.3. The summed E-state index contributed by atoms with van der Waals surface area (Å²) < 4.78 is 2.51. The van der Waals surface area contributed by atoms with E-state index in [9.17, 15) is 14.8 Å². The highest BCUT2D eigenvalue weighted by Crippen LogP contribution is 2.08. The number of hydrogen-bond acceptors (Lipinski definition) is 5. The lowest BCUT2D eigenvalue weighted by Crippen LogP contribution is -2.48. The van der Waals surface area contributed by atoms with Crippen molar-refractivity contribution in [3.05, 3.63) is 62.2 Å². The van der Waals surface area contributed by atoms with E-state index in [0.29, 0.717) is 10.4 Å². The second-order valence-electron chi connectivity index (χ2n) is 4.51. The van der Waals surface area contributed by atoms with Gasteiger partial charge >= 0.3 is 17.1 Å². The van der Waals surface area contributed by atoms with E-state index in [4.69, 9.17) is 0 Å². The summed E-state index contributed by atoms with van der Waals surface area (Å²) in [5.74, 6) is 0.0555. The SMILES string of the molecule is Cc1nn(C)c2nc(=O)n(-c3ccccc3)c(=O)c-2[n+]1[O-]. The molecule has 0 aromatic heterocycles. The molecule has 0 radical (unpaired) electrons. The molecule has 8 nitrogen and oxygen atoms in total. The number of para-hydroxylation sites is 1. The smallest absolute Gasteiger partial charge is 0.357 e. The molecule has 2 aliphatic heterocycles. The Balaban J connectivity index is 2.51. The average molecular weight is 285 g/mol. The van der Waals surface area contributed by atoms with Crippen LogP contribution in [0.5, 0.6) is 0 Å². The van der Waals surface area contributed by atoms with Crippen LogP contribution in [0.1, 0.15) is 5.82 Å². The van der Waals surface area contributed by atoms with Crippen molar-refractivity contribution >= 4 is 0 Å². The molecule has 8 heteroatoms. The Hall–Kier alpha value is -3.03. The van der Waals surface area contributed by atoms with E-state index in [1.54, 1.807) is 30.3 Å². The van der Waals surface area contributed by atoms with E-state index in [2.05, 4.69) is 10.1 Å². The first-order chi connectivity index (χ1) is 10.0. The van der Waals surface area contributed by atoms with Crippen molar-refractivity contribution in [2.45, 2.75) is 6.92 Å². The van der Waals surface area contributed by atoms with Crippen LogP contribution in [-0.4, -0.2) is 19.3 Å². The van der Waals surface area contributed by atoms with Gasteiger partial charge in [-0.2, -0.15) is 9.67 Å². The van der Waals surface area contributed by atoms with Crippen molar-refractivity contribution < 1.29 is 4.73 Å². The maximum atomic E-state index is 12.5. The van der Waals surface area contributed by atoms with Gasteiger partial charge in [0.2, 0.25) is 11.5 Å². The normalized spacial score (nSPS) is 11.0. The van der Waals surface area contributed by atoms with E-state index in [-0.39, 0.29) is 17.3 Å². The molecule has 0 unspecified atom stereocenters. The number of aromatic nitrogens is 5. The third-order valence-electron chi connectivity index (χ3n) is 3.12. The summed E-state index contributed by atoms with van der Waals surface area (Å²) in [6.45, 7) is 1.48. The summed E-state index contributed by atoms with van der Waals surface area (Å²) in [4.78, 5) is 28.4. The van der Waals surface area contributed by atoms with E-state index < -0.39 is 11.2 Å². The average Bonchev–Trinajstić information content (AvgIpc) is 2.45. The van der Waals surface area contributed by atoms with Gasteiger partial charge in [0, 0.05) is 6.92 Å². The molecule has 0 saturated heterocycles. The van der Waals surface area contributed by atoms with Crippen molar-refractivity contribution in [1.29, 1.82) is 0 Å². The largest absolute Gasteiger partial charge is 0.710 e. The first-order valence-corrected chi connectivity index (χ1v) is 6.16. The number of benzene rings is 1. The van der Waals surface area contributed by atoms with Gasteiger partial charge in [-0.1, -0.05) is 18.2 Å². The maximum absolute atomic E-state index is 12.5. The van der Waals surface area contributed by atoms with E-state index in [1.165, 1.54) is 18.7 Å². The van der Waals surface area contributed by atoms with Gasteiger partial charge in [-0.25, -0.2) is 14.1 Å². The maximum Gasteiger partial charge on any atom is 0.357 e. The second kappa shape index (κ2) is 4.51. The van der Waals surface area contributed by atoms with Crippen molar-refractivity contribution in [2.24, 2.45) is 7.05 Å². The van der Waals surface area contributed by atoms with Crippen LogP contribution in [0.3, 0.4) is 0 Å². The van der Waals surface area contributed by atoms with Crippen LogP contribution < -0.4 is 16.0 Å². The minimum atomic E-state index is -0.750. The highest BCUT2D eigenvalue weighted by Gasteiger charge is 2.26. The quantitative estimate of drug-likeness (QED) is 0.438. The molecule has 0 amide bonds. The summed E-state index contributed by atoms with van der Waals surface area (Å²) in [7, 11) is 1.52. The molecule has 0 bridgehead atoms. The minimum Gasteiger partial charge on any atom is -0.710 e. The third kappa shape index (κ3) is 1.88. The van der Waals surface area contributed by atoms with Crippen molar-refractivity contribution in [3.63, 3.8) is 0 Å². The second-order valence-corrected chi connectivity index (χ2v) is 4.51. The lowest BCUT2D eigenvalue weighted by Gasteiger charge is -2.13. The van der Waals surface area contributed by atoms with Crippen LogP contribution >= 0.6 is 0 Å². The number of hydrogen-bond donors (Lipinski definition) is 0. The predicted molar refractivity (Wildman–Crippen MR) is 73.2 cm³/mol. The molecule has 1 aromatic carbocycles. The molecule has 2 aliphatic rings. The van der Waals surface area contributed by atoms with E-state index in [1.807, 2.05) is 0 Å².